The molecule has 0 saturated carbocycles. The third-order valence-electron chi connectivity index (χ3n) is 3.50. The summed E-state index contributed by atoms with van der Waals surface area (Å²) in [6.45, 7) is 1.66. The maximum atomic E-state index is 13.0. The summed E-state index contributed by atoms with van der Waals surface area (Å²) in [7, 11) is 0. The minimum absolute atomic E-state index is 0.172. The number of amides is 1. The summed E-state index contributed by atoms with van der Waals surface area (Å²) in [6, 6.07) is 13.3. The fourth-order valence-corrected chi connectivity index (χ4v) is 2.77. The van der Waals surface area contributed by atoms with Gasteiger partial charge in [0.2, 0.25) is 0 Å². The van der Waals surface area contributed by atoms with Crippen LogP contribution < -0.4 is 10.1 Å². The number of hydrogen-bond donors (Lipinski definition) is 1. The second kappa shape index (κ2) is 7.05. The van der Waals surface area contributed by atoms with E-state index in [1.807, 2.05) is 37.3 Å². The van der Waals surface area contributed by atoms with Crippen molar-refractivity contribution >= 4 is 32.8 Å². The van der Waals surface area contributed by atoms with Crippen LogP contribution >= 0.6 is 15.9 Å². The van der Waals surface area contributed by atoms with Crippen LogP contribution in [-0.4, -0.2) is 12.5 Å². The van der Waals surface area contributed by atoms with Crippen LogP contribution in [0.15, 0.2) is 57.4 Å². The number of rotatable bonds is 5. The molecule has 0 aliphatic heterocycles. The Kier molecular flexibility index (Phi) is 4.85. The van der Waals surface area contributed by atoms with Crippen LogP contribution in [-0.2, 0) is 4.79 Å². The van der Waals surface area contributed by atoms with Crippen LogP contribution in [0.3, 0.4) is 0 Å². The standard InChI is InChI=1S/C18H15BrFNO3/c1-11(17-8-12-4-2-3-5-15(12)24-17)21-18(22)10-23-16-7-6-13(20)9-14(16)19/h2-9,11H,10H2,1H3,(H,21,22)/t11-/m1/s1. The topological polar surface area (TPSA) is 51.5 Å². The number of para-hydroxylation sites is 1. The Bertz CT molecular complexity index is 845. The minimum atomic E-state index is -0.378. The van der Waals surface area contributed by atoms with Gasteiger partial charge in [0.15, 0.2) is 6.61 Å². The van der Waals surface area contributed by atoms with E-state index in [0.717, 1.165) is 11.0 Å². The van der Waals surface area contributed by atoms with E-state index >= 15 is 0 Å². The van der Waals surface area contributed by atoms with E-state index in [-0.39, 0.29) is 24.4 Å². The van der Waals surface area contributed by atoms with E-state index < -0.39 is 0 Å². The zero-order valence-electron chi connectivity index (χ0n) is 12.9. The summed E-state index contributed by atoms with van der Waals surface area (Å²) in [4.78, 5) is 12.0. The van der Waals surface area contributed by atoms with E-state index in [4.69, 9.17) is 9.15 Å². The van der Waals surface area contributed by atoms with Crippen molar-refractivity contribution in [1.29, 1.82) is 0 Å². The quantitative estimate of drug-likeness (QED) is 0.691. The predicted molar refractivity (Wildman–Crippen MR) is 92.4 cm³/mol. The van der Waals surface area contributed by atoms with Crippen LogP contribution in [0.4, 0.5) is 4.39 Å². The molecule has 0 aliphatic carbocycles. The van der Waals surface area contributed by atoms with Crippen molar-refractivity contribution in [1.82, 2.24) is 5.32 Å². The fraction of sp³-hybridized carbons (Fsp3) is 0.167. The molecule has 0 saturated heterocycles. The Labute approximate surface area is 146 Å². The highest BCUT2D eigenvalue weighted by atomic mass is 79.9. The lowest BCUT2D eigenvalue weighted by Crippen LogP contribution is -2.31. The molecule has 0 radical (unpaired) electrons. The predicted octanol–water partition coefficient (Wildman–Crippen LogP) is 4.59. The molecule has 4 nitrogen and oxygen atoms in total. The van der Waals surface area contributed by atoms with Crippen molar-refractivity contribution in [2.75, 3.05) is 6.61 Å². The van der Waals surface area contributed by atoms with Gasteiger partial charge in [-0.2, -0.15) is 0 Å². The van der Waals surface area contributed by atoms with Gasteiger partial charge in [0.05, 0.1) is 10.5 Å². The first kappa shape index (κ1) is 16.5. The molecule has 0 aliphatic rings. The Morgan fingerprint density at radius 1 is 1.29 bits per heavy atom. The molecule has 3 rings (SSSR count). The number of benzene rings is 2. The first-order valence-corrected chi connectivity index (χ1v) is 8.18. The van der Waals surface area contributed by atoms with Gasteiger partial charge in [0.25, 0.3) is 5.91 Å². The van der Waals surface area contributed by atoms with Crippen molar-refractivity contribution in [3.8, 4) is 5.75 Å². The van der Waals surface area contributed by atoms with Crippen LogP contribution in [0.25, 0.3) is 11.0 Å². The smallest absolute Gasteiger partial charge is 0.258 e. The molecule has 1 atom stereocenters. The highest BCUT2D eigenvalue weighted by Gasteiger charge is 2.15. The van der Waals surface area contributed by atoms with E-state index in [1.54, 1.807) is 0 Å². The molecule has 0 spiro atoms. The molecule has 0 fully saturated rings. The Balaban J connectivity index is 1.59. The molecular weight excluding hydrogens is 377 g/mol. The summed E-state index contributed by atoms with van der Waals surface area (Å²) < 4.78 is 24.6. The molecule has 24 heavy (non-hydrogen) atoms. The first-order chi connectivity index (χ1) is 11.5. The summed E-state index contributed by atoms with van der Waals surface area (Å²) in [5, 5.41) is 3.80. The molecule has 0 bridgehead atoms. The fourth-order valence-electron chi connectivity index (χ4n) is 2.31. The Hall–Kier alpha value is -2.34. The third kappa shape index (κ3) is 3.76. The molecule has 2 aromatic carbocycles. The first-order valence-electron chi connectivity index (χ1n) is 7.38. The normalized spacial score (nSPS) is 12.1. The van der Waals surface area contributed by atoms with Crippen LogP contribution in [0.5, 0.6) is 5.75 Å². The molecule has 1 amide bonds. The maximum Gasteiger partial charge on any atom is 0.258 e. The Morgan fingerprint density at radius 2 is 2.08 bits per heavy atom. The number of hydrogen-bond acceptors (Lipinski definition) is 3. The van der Waals surface area contributed by atoms with Crippen LogP contribution in [0, 0.1) is 5.82 Å². The zero-order valence-corrected chi connectivity index (χ0v) is 14.5. The van der Waals surface area contributed by atoms with Gasteiger partial charge in [0, 0.05) is 5.39 Å². The van der Waals surface area contributed by atoms with E-state index in [9.17, 15) is 9.18 Å². The van der Waals surface area contributed by atoms with Crippen LogP contribution in [0.1, 0.15) is 18.7 Å². The molecule has 1 heterocycles. The van der Waals surface area contributed by atoms with Gasteiger partial charge in [-0.1, -0.05) is 18.2 Å². The number of ether oxygens (including phenoxy) is 1. The highest BCUT2D eigenvalue weighted by molar-refractivity contribution is 9.10. The van der Waals surface area contributed by atoms with Crippen LogP contribution in [0.2, 0.25) is 0 Å². The van der Waals surface area contributed by atoms with Gasteiger partial charge < -0.3 is 14.5 Å². The summed E-state index contributed by atoms with van der Waals surface area (Å²) in [6.07, 6.45) is 0. The molecule has 0 unspecified atom stereocenters. The van der Waals surface area contributed by atoms with Crippen molar-refractivity contribution in [2.45, 2.75) is 13.0 Å². The number of fused-ring (bicyclic) bond motifs is 1. The lowest BCUT2D eigenvalue weighted by Gasteiger charge is -2.12. The summed E-state index contributed by atoms with van der Waals surface area (Å²) in [5.74, 6) is 0.409. The van der Waals surface area contributed by atoms with Gasteiger partial charge >= 0.3 is 0 Å². The molecular formula is C18H15BrFNO3. The van der Waals surface area contributed by atoms with Crippen molar-refractivity contribution < 1.29 is 18.3 Å². The zero-order chi connectivity index (χ0) is 17.1. The third-order valence-corrected chi connectivity index (χ3v) is 4.12. The van der Waals surface area contributed by atoms with Gasteiger partial charge in [0.1, 0.15) is 22.9 Å². The van der Waals surface area contributed by atoms with E-state index in [2.05, 4.69) is 21.2 Å². The molecule has 124 valence electrons. The number of halogens is 2. The van der Waals surface area contributed by atoms with Crippen molar-refractivity contribution in [2.24, 2.45) is 0 Å². The number of furan rings is 1. The van der Waals surface area contributed by atoms with Gasteiger partial charge in [-0.3, -0.25) is 4.79 Å². The number of nitrogens with one attached hydrogen (secondary N) is 1. The lowest BCUT2D eigenvalue weighted by atomic mass is 10.2. The molecule has 3 aromatic rings. The monoisotopic (exact) mass is 391 g/mol. The maximum absolute atomic E-state index is 13.0. The largest absolute Gasteiger partial charge is 0.483 e. The van der Waals surface area contributed by atoms with Gasteiger partial charge in [-0.25, -0.2) is 4.39 Å². The van der Waals surface area contributed by atoms with Crippen molar-refractivity contribution in [3.63, 3.8) is 0 Å². The molecule has 1 N–H and O–H groups in total. The van der Waals surface area contributed by atoms with E-state index in [0.29, 0.717) is 16.0 Å². The average Bonchev–Trinajstić information content (AvgIpc) is 2.98. The van der Waals surface area contributed by atoms with E-state index in [1.165, 1.54) is 18.2 Å². The van der Waals surface area contributed by atoms with Crippen molar-refractivity contribution in [3.05, 3.63) is 64.6 Å². The molecule has 1 aromatic heterocycles. The summed E-state index contributed by atoms with van der Waals surface area (Å²) >= 11 is 3.19. The lowest BCUT2D eigenvalue weighted by molar-refractivity contribution is -0.123. The second-order valence-corrected chi connectivity index (χ2v) is 6.19. The van der Waals surface area contributed by atoms with Gasteiger partial charge in [-0.05, 0) is 53.2 Å². The summed E-state index contributed by atoms with van der Waals surface area (Å²) in [5.41, 5.74) is 0.778. The minimum Gasteiger partial charge on any atom is -0.483 e. The van der Waals surface area contributed by atoms with Gasteiger partial charge in [-0.15, -0.1) is 0 Å². The number of carbonyl (C=O) groups is 1. The SMILES string of the molecule is C[C@@H](NC(=O)COc1ccc(F)cc1Br)c1cc2ccccc2o1. The second-order valence-electron chi connectivity index (χ2n) is 5.34. The Morgan fingerprint density at radius 3 is 2.83 bits per heavy atom. The number of carbonyl (C=O) groups excluding carboxylic acids is 1. The highest BCUT2D eigenvalue weighted by Crippen LogP contribution is 2.26. The average molecular weight is 392 g/mol. The molecule has 6 heteroatoms.